The molecule has 1 aliphatic heterocycles. The molecule has 0 saturated carbocycles. The van der Waals surface area contributed by atoms with Crippen molar-refractivity contribution in [1.29, 1.82) is 0 Å². The van der Waals surface area contributed by atoms with Crippen molar-refractivity contribution >= 4 is 5.91 Å². The van der Waals surface area contributed by atoms with E-state index in [1.54, 1.807) is 6.92 Å². The van der Waals surface area contributed by atoms with Crippen molar-refractivity contribution in [2.24, 2.45) is 0 Å². The van der Waals surface area contributed by atoms with Crippen LogP contribution in [0.2, 0.25) is 0 Å². The zero-order valence-electron chi connectivity index (χ0n) is 17.3. The summed E-state index contributed by atoms with van der Waals surface area (Å²) in [7, 11) is 0. The molecule has 0 spiro atoms. The molecule has 5 nitrogen and oxygen atoms in total. The van der Waals surface area contributed by atoms with Crippen LogP contribution in [-0.4, -0.2) is 47.8 Å². The average molecular weight is 436 g/mol. The van der Waals surface area contributed by atoms with Gasteiger partial charge >= 0.3 is 6.18 Å². The number of carbonyl (C=O) groups is 1. The van der Waals surface area contributed by atoms with E-state index in [4.69, 9.17) is 4.74 Å². The predicted molar refractivity (Wildman–Crippen MR) is 111 cm³/mol. The molecule has 0 bridgehead atoms. The summed E-state index contributed by atoms with van der Waals surface area (Å²) in [6, 6.07) is 13.3. The molecule has 2 aromatic rings. The smallest absolute Gasteiger partial charge is 0.416 e. The van der Waals surface area contributed by atoms with E-state index < -0.39 is 29.9 Å². The van der Waals surface area contributed by atoms with Gasteiger partial charge in [0.15, 0.2) is 0 Å². The molecule has 31 heavy (non-hydrogen) atoms. The number of rotatable bonds is 7. The summed E-state index contributed by atoms with van der Waals surface area (Å²) in [5, 5.41) is 12.9. The Morgan fingerprint density at radius 3 is 2.48 bits per heavy atom. The van der Waals surface area contributed by atoms with Crippen molar-refractivity contribution < 1.29 is 27.8 Å². The molecule has 1 fully saturated rings. The van der Waals surface area contributed by atoms with Crippen LogP contribution >= 0.6 is 0 Å². The van der Waals surface area contributed by atoms with Gasteiger partial charge in [0.1, 0.15) is 12.4 Å². The summed E-state index contributed by atoms with van der Waals surface area (Å²) in [5.41, 5.74) is -0.128. The van der Waals surface area contributed by atoms with E-state index >= 15 is 0 Å². The lowest BCUT2D eigenvalue weighted by Gasteiger charge is -2.37. The maximum absolute atomic E-state index is 12.9. The topological polar surface area (TPSA) is 61.8 Å². The molecule has 1 aliphatic rings. The number of nitrogens with one attached hydrogen (secondary N) is 1. The first-order valence-electron chi connectivity index (χ1n) is 10.3. The number of benzene rings is 2. The summed E-state index contributed by atoms with van der Waals surface area (Å²) in [6.07, 6.45) is -3.88. The second kappa shape index (κ2) is 10.2. The lowest BCUT2D eigenvalue weighted by Crippen LogP contribution is -2.54. The average Bonchev–Trinajstić information content (AvgIpc) is 2.74. The number of alkyl halides is 3. The maximum Gasteiger partial charge on any atom is 0.416 e. The van der Waals surface area contributed by atoms with Gasteiger partial charge in [0.2, 0.25) is 5.91 Å². The number of carbonyl (C=O) groups excluding carboxylic acids is 1. The number of β-amino-alcohol motifs (C(OH)–C–C–N with tert-alkyl or cyclic N) is 1. The molecule has 1 amide bonds. The highest BCUT2D eigenvalue weighted by Crippen LogP contribution is 2.30. The Kier molecular flexibility index (Phi) is 7.56. The number of nitrogens with zero attached hydrogens (tertiary/aromatic N) is 1. The molecule has 1 heterocycles. The highest BCUT2D eigenvalue weighted by molar-refractivity contribution is 5.82. The second-order valence-electron chi connectivity index (χ2n) is 7.75. The Morgan fingerprint density at radius 1 is 1.16 bits per heavy atom. The molecule has 3 rings (SSSR count). The van der Waals surface area contributed by atoms with Gasteiger partial charge in [0.05, 0.1) is 23.8 Å². The van der Waals surface area contributed by atoms with Crippen LogP contribution in [0.5, 0.6) is 5.75 Å². The first-order valence-corrected chi connectivity index (χ1v) is 10.3. The van der Waals surface area contributed by atoms with Crippen molar-refractivity contribution in [2.75, 3.05) is 19.7 Å². The molecule has 0 aromatic heterocycles. The number of hydrogen-bond donors (Lipinski definition) is 2. The maximum atomic E-state index is 12.9. The zero-order chi connectivity index (χ0) is 22.4. The first kappa shape index (κ1) is 23.1. The third kappa shape index (κ3) is 6.45. The standard InChI is InChI=1S/C23H27F3N2O3/c1-16(17-7-9-18(10-8-17)23(24,25)26)27-22(30)21-12-11-19(29)15-28(21)13-14-31-20-5-3-2-4-6-20/h2-10,16,19,21,29H,11-15H2,1H3,(H,27,30)/t16-,19-,21+/m0/s1. The lowest BCUT2D eigenvalue weighted by molar-refractivity contribution is -0.137. The minimum Gasteiger partial charge on any atom is -0.492 e. The number of aliphatic hydroxyl groups excluding tert-OH is 1. The fraction of sp³-hybridized carbons (Fsp3) is 0.435. The number of para-hydroxylation sites is 1. The van der Waals surface area contributed by atoms with Gasteiger partial charge in [-0.1, -0.05) is 30.3 Å². The Morgan fingerprint density at radius 2 is 1.84 bits per heavy atom. The molecule has 0 unspecified atom stereocenters. The van der Waals surface area contributed by atoms with E-state index in [0.717, 1.165) is 17.9 Å². The van der Waals surface area contributed by atoms with E-state index in [1.165, 1.54) is 12.1 Å². The van der Waals surface area contributed by atoms with E-state index in [9.17, 15) is 23.1 Å². The molecule has 168 valence electrons. The molecule has 0 radical (unpaired) electrons. The van der Waals surface area contributed by atoms with Gasteiger partial charge in [-0.3, -0.25) is 9.69 Å². The fourth-order valence-electron chi connectivity index (χ4n) is 3.72. The van der Waals surface area contributed by atoms with Gasteiger partial charge in [-0.2, -0.15) is 13.2 Å². The van der Waals surface area contributed by atoms with Gasteiger partial charge in [-0.05, 0) is 49.6 Å². The third-order valence-electron chi connectivity index (χ3n) is 5.45. The summed E-state index contributed by atoms with van der Waals surface area (Å²) in [5.74, 6) is 0.524. The van der Waals surface area contributed by atoms with Crippen LogP contribution < -0.4 is 10.1 Å². The second-order valence-corrected chi connectivity index (χ2v) is 7.75. The predicted octanol–water partition coefficient (Wildman–Crippen LogP) is 3.79. The summed E-state index contributed by atoms with van der Waals surface area (Å²) < 4.78 is 44.0. The number of hydrogen-bond acceptors (Lipinski definition) is 4. The minimum absolute atomic E-state index is 0.209. The van der Waals surface area contributed by atoms with Crippen molar-refractivity contribution in [3.63, 3.8) is 0 Å². The van der Waals surface area contributed by atoms with E-state index in [-0.39, 0.29) is 5.91 Å². The molecular weight excluding hydrogens is 409 g/mol. The molecular formula is C23H27F3N2O3. The Labute approximate surface area is 179 Å². The Balaban J connectivity index is 1.58. The monoisotopic (exact) mass is 436 g/mol. The van der Waals surface area contributed by atoms with Crippen molar-refractivity contribution in [2.45, 2.75) is 44.1 Å². The molecule has 2 aromatic carbocycles. The van der Waals surface area contributed by atoms with Crippen LogP contribution in [-0.2, 0) is 11.0 Å². The normalized spacial score (nSPS) is 20.8. The number of aliphatic hydroxyl groups is 1. The molecule has 8 heteroatoms. The largest absolute Gasteiger partial charge is 0.492 e. The lowest BCUT2D eigenvalue weighted by atomic mass is 9.98. The quantitative estimate of drug-likeness (QED) is 0.694. The van der Waals surface area contributed by atoms with E-state index in [1.807, 2.05) is 35.2 Å². The zero-order valence-corrected chi connectivity index (χ0v) is 17.3. The van der Waals surface area contributed by atoms with Crippen LogP contribution in [0.1, 0.15) is 36.9 Å². The first-order chi connectivity index (χ1) is 14.7. The van der Waals surface area contributed by atoms with Crippen LogP contribution in [0.15, 0.2) is 54.6 Å². The van der Waals surface area contributed by atoms with Crippen molar-refractivity contribution in [3.8, 4) is 5.75 Å². The van der Waals surface area contributed by atoms with Gasteiger partial charge < -0.3 is 15.2 Å². The number of amides is 1. The van der Waals surface area contributed by atoms with Gasteiger partial charge in [-0.15, -0.1) is 0 Å². The number of ether oxygens (including phenoxy) is 1. The summed E-state index contributed by atoms with van der Waals surface area (Å²) in [6.45, 7) is 2.94. The molecule has 2 N–H and O–H groups in total. The van der Waals surface area contributed by atoms with Gasteiger partial charge in [-0.25, -0.2) is 0 Å². The highest BCUT2D eigenvalue weighted by Gasteiger charge is 2.33. The van der Waals surface area contributed by atoms with Gasteiger partial charge in [0, 0.05) is 13.1 Å². The van der Waals surface area contributed by atoms with Crippen LogP contribution in [0.25, 0.3) is 0 Å². The van der Waals surface area contributed by atoms with Gasteiger partial charge in [0.25, 0.3) is 0 Å². The third-order valence-corrected chi connectivity index (χ3v) is 5.45. The SMILES string of the molecule is C[C@H](NC(=O)[C@H]1CC[C@H](O)CN1CCOc1ccccc1)c1ccc(C(F)(F)F)cc1. The minimum atomic E-state index is -4.39. The number of piperidine rings is 1. The van der Waals surface area contributed by atoms with E-state index in [0.29, 0.717) is 38.1 Å². The van der Waals surface area contributed by atoms with Crippen LogP contribution in [0.4, 0.5) is 13.2 Å². The summed E-state index contributed by atoms with van der Waals surface area (Å²) in [4.78, 5) is 14.8. The van der Waals surface area contributed by atoms with Crippen molar-refractivity contribution in [3.05, 3.63) is 65.7 Å². The summed E-state index contributed by atoms with van der Waals surface area (Å²) >= 11 is 0. The van der Waals surface area contributed by atoms with E-state index in [2.05, 4.69) is 5.32 Å². The van der Waals surface area contributed by atoms with Crippen LogP contribution in [0, 0.1) is 0 Å². The number of halogens is 3. The molecule has 3 atom stereocenters. The number of likely N-dealkylation sites (tertiary alicyclic amines) is 1. The molecule has 1 saturated heterocycles. The fourth-order valence-corrected chi connectivity index (χ4v) is 3.72. The molecule has 0 aliphatic carbocycles. The highest BCUT2D eigenvalue weighted by atomic mass is 19.4. The Hall–Kier alpha value is -2.58. The Bertz CT molecular complexity index is 843. The van der Waals surface area contributed by atoms with Crippen LogP contribution in [0.3, 0.4) is 0 Å². The van der Waals surface area contributed by atoms with Crippen molar-refractivity contribution in [1.82, 2.24) is 10.2 Å².